The Balaban J connectivity index is 2.68. The minimum atomic E-state index is -4.65. The van der Waals surface area contributed by atoms with Crippen LogP contribution in [0.2, 0.25) is 0 Å². The number of amides is 1. The van der Waals surface area contributed by atoms with Crippen LogP contribution < -0.4 is 5.48 Å². The minimum absolute atomic E-state index is 0.536. The lowest BCUT2D eigenvalue weighted by molar-refractivity contribution is -0.160. The van der Waals surface area contributed by atoms with E-state index in [1.807, 2.05) is 0 Å². The number of carbonyl (C=O) groups excluding carboxylic acids is 1. The van der Waals surface area contributed by atoms with Crippen molar-refractivity contribution in [2.24, 2.45) is 0 Å². The highest BCUT2D eigenvalue weighted by Gasteiger charge is 2.46. The number of hydrogen-bond donors (Lipinski definition) is 4. The second-order valence-electron chi connectivity index (χ2n) is 3.86. The normalized spacial score (nSPS) is 28.1. The molecular formula is C7H14NO8P. The average molecular weight is 271 g/mol. The molecule has 0 saturated carbocycles. The molecule has 1 fully saturated rings. The fourth-order valence-corrected chi connectivity index (χ4v) is 1.75. The van der Waals surface area contributed by atoms with Gasteiger partial charge in [0, 0.05) is 0 Å². The first-order valence-corrected chi connectivity index (χ1v) is 6.17. The first kappa shape index (κ1) is 14.5. The van der Waals surface area contributed by atoms with Crippen molar-refractivity contribution in [1.82, 2.24) is 5.48 Å². The zero-order valence-corrected chi connectivity index (χ0v) is 10.1. The summed E-state index contributed by atoms with van der Waals surface area (Å²) in [6, 6.07) is 0. The van der Waals surface area contributed by atoms with Crippen molar-refractivity contribution in [2.45, 2.75) is 31.8 Å². The summed E-state index contributed by atoms with van der Waals surface area (Å²) in [5, 5.41) is 8.48. The quantitative estimate of drug-likeness (QED) is 0.294. The van der Waals surface area contributed by atoms with Crippen molar-refractivity contribution < 1.29 is 38.4 Å². The Hall–Kier alpha value is -0.540. The molecule has 0 aromatic heterocycles. The van der Waals surface area contributed by atoms with Crippen LogP contribution in [0.25, 0.3) is 0 Å². The largest absolute Gasteiger partial charge is 0.469 e. The number of hydrogen-bond acceptors (Lipinski definition) is 6. The van der Waals surface area contributed by atoms with Gasteiger partial charge in [0.25, 0.3) is 5.91 Å². The second-order valence-corrected chi connectivity index (χ2v) is 5.10. The van der Waals surface area contributed by atoms with E-state index in [0.29, 0.717) is 0 Å². The van der Waals surface area contributed by atoms with Crippen LogP contribution in [0.5, 0.6) is 0 Å². The molecule has 100 valence electrons. The van der Waals surface area contributed by atoms with Crippen LogP contribution in [0.4, 0.5) is 0 Å². The Kier molecular flexibility index (Phi) is 4.26. The van der Waals surface area contributed by atoms with Gasteiger partial charge in [-0.3, -0.25) is 14.5 Å². The molecule has 0 aliphatic carbocycles. The van der Waals surface area contributed by atoms with Gasteiger partial charge in [-0.2, -0.15) is 0 Å². The first-order chi connectivity index (χ1) is 7.64. The number of hydroxylamine groups is 1. The maximum atomic E-state index is 11.2. The van der Waals surface area contributed by atoms with Gasteiger partial charge in [-0.25, -0.2) is 10.0 Å². The maximum absolute atomic E-state index is 11.2. The van der Waals surface area contributed by atoms with Gasteiger partial charge >= 0.3 is 7.82 Å². The predicted molar refractivity (Wildman–Crippen MR) is 51.8 cm³/mol. The molecule has 2 atom stereocenters. The number of phosphoric acid groups is 1. The molecule has 17 heavy (non-hydrogen) atoms. The third-order valence-corrected chi connectivity index (χ3v) is 2.44. The molecule has 4 N–H and O–H groups in total. The van der Waals surface area contributed by atoms with E-state index in [2.05, 4.69) is 4.52 Å². The smallest absolute Gasteiger partial charge is 0.342 e. The summed E-state index contributed by atoms with van der Waals surface area (Å²) in [6.45, 7) is 2.50. The monoisotopic (exact) mass is 271 g/mol. The van der Waals surface area contributed by atoms with Gasteiger partial charge < -0.3 is 19.3 Å². The van der Waals surface area contributed by atoms with Gasteiger partial charge in [-0.15, -0.1) is 0 Å². The van der Waals surface area contributed by atoms with E-state index in [9.17, 15) is 9.36 Å². The molecule has 1 heterocycles. The van der Waals surface area contributed by atoms with Crippen molar-refractivity contribution in [2.75, 3.05) is 6.61 Å². The lowest BCUT2D eigenvalue weighted by Gasteiger charge is -2.16. The van der Waals surface area contributed by atoms with Crippen LogP contribution in [0, 0.1) is 0 Å². The van der Waals surface area contributed by atoms with Crippen LogP contribution in [0.3, 0.4) is 0 Å². The zero-order valence-electron chi connectivity index (χ0n) is 9.19. The maximum Gasteiger partial charge on any atom is 0.469 e. The van der Waals surface area contributed by atoms with Crippen molar-refractivity contribution in [3.8, 4) is 0 Å². The molecule has 0 unspecified atom stereocenters. The molecule has 9 nitrogen and oxygen atoms in total. The Morgan fingerprint density at radius 1 is 1.47 bits per heavy atom. The van der Waals surface area contributed by atoms with Crippen LogP contribution in [0.15, 0.2) is 0 Å². The molecule has 0 bridgehead atoms. The van der Waals surface area contributed by atoms with Gasteiger partial charge in [-0.05, 0) is 13.8 Å². The number of rotatable bonds is 4. The van der Waals surface area contributed by atoms with Crippen molar-refractivity contribution in [3.63, 3.8) is 0 Å². The fraction of sp³-hybridized carbons (Fsp3) is 0.857. The lowest BCUT2D eigenvalue weighted by Crippen LogP contribution is -2.41. The number of phosphoric ester groups is 1. The molecular weight excluding hydrogens is 257 g/mol. The molecule has 1 saturated heterocycles. The van der Waals surface area contributed by atoms with Gasteiger partial charge in [0.1, 0.15) is 6.10 Å². The van der Waals surface area contributed by atoms with Crippen LogP contribution >= 0.6 is 7.82 Å². The van der Waals surface area contributed by atoms with Crippen LogP contribution in [-0.2, 0) is 23.4 Å². The summed E-state index contributed by atoms with van der Waals surface area (Å²) in [5.41, 5.74) is 1.38. The molecule has 10 heteroatoms. The van der Waals surface area contributed by atoms with Crippen molar-refractivity contribution in [3.05, 3.63) is 0 Å². The summed E-state index contributed by atoms with van der Waals surface area (Å²) in [6.07, 6.45) is -2.23. The van der Waals surface area contributed by atoms with Gasteiger partial charge in [0.15, 0.2) is 11.9 Å². The Labute approximate surface area is 96.9 Å². The van der Waals surface area contributed by atoms with Crippen molar-refractivity contribution in [1.29, 1.82) is 0 Å². The van der Waals surface area contributed by atoms with Gasteiger partial charge in [0.2, 0.25) is 0 Å². The highest BCUT2D eigenvalue weighted by atomic mass is 31.2. The molecule has 0 spiro atoms. The van der Waals surface area contributed by atoms with E-state index in [0.717, 1.165) is 0 Å². The summed E-state index contributed by atoms with van der Waals surface area (Å²) in [5.74, 6) is -1.99. The second kappa shape index (κ2) is 4.99. The lowest BCUT2D eigenvalue weighted by atomic mass is 10.2. The Bertz CT molecular complexity index is 339. The van der Waals surface area contributed by atoms with E-state index in [-0.39, 0.29) is 0 Å². The summed E-state index contributed by atoms with van der Waals surface area (Å²) in [4.78, 5) is 28.3. The molecule has 1 amide bonds. The highest BCUT2D eigenvalue weighted by molar-refractivity contribution is 7.46. The van der Waals surface area contributed by atoms with Gasteiger partial charge in [0.05, 0.1) is 6.61 Å². The SMILES string of the molecule is CC1(C)O[C@H](COP(=O)(O)O)[C@H](C(=O)NO)O1. The topological polar surface area (TPSA) is 135 Å². The standard InChI is InChI=1S/C7H14NO8P/c1-7(2)15-4(3-14-17(11,12)13)5(16-7)6(9)8-10/h4-5,10H,3H2,1-2H3,(H,8,9)(H2,11,12,13)/t4-,5-/m1/s1. The van der Waals surface area contributed by atoms with E-state index >= 15 is 0 Å². The third-order valence-electron chi connectivity index (χ3n) is 1.96. The zero-order chi connectivity index (χ0) is 13.3. The summed E-state index contributed by atoms with van der Waals surface area (Å²) in [7, 11) is -4.65. The molecule has 1 aliphatic heterocycles. The third kappa shape index (κ3) is 4.32. The molecule has 0 aromatic carbocycles. The predicted octanol–water partition coefficient (Wildman–Crippen LogP) is -0.879. The Morgan fingerprint density at radius 3 is 2.53 bits per heavy atom. The minimum Gasteiger partial charge on any atom is -0.342 e. The number of ether oxygens (including phenoxy) is 2. The molecule has 1 aliphatic rings. The van der Waals surface area contributed by atoms with E-state index < -0.39 is 38.3 Å². The van der Waals surface area contributed by atoms with E-state index in [4.69, 9.17) is 24.5 Å². The highest BCUT2D eigenvalue weighted by Crippen LogP contribution is 2.38. The summed E-state index contributed by atoms with van der Waals surface area (Å²) >= 11 is 0. The van der Waals surface area contributed by atoms with E-state index in [1.165, 1.54) is 19.3 Å². The molecule has 0 radical (unpaired) electrons. The summed E-state index contributed by atoms with van der Waals surface area (Å²) < 4.78 is 25.1. The average Bonchev–Trinajstić information content (AvgIpc) is 2.49. The van der Waals surface area contributed by atoms with Crippen molar-refractivity contribution >= 4 is 13.7 Å². The van der Waals surface area contributed by atoms with Crippen LogP contribution in [-0.4, -0.2) is 45.5 Å². The van der Waals surface area contributed by atoms with Crippen LogP contribution in [0.1, 0.15) is 13.8 Å². The molecule has 0 aromatic rings. The van der Waals surface area contributed by atoms with E-state index in [1.54, 1.807) is 0 Å². The molecule has 1 rings (SSSR count). The Morgan fingerprint density at radius 2 is 2.06 bits per heavy atom. The first-order valence-electron chi connectivity index (χ1n) is 4.64. The fourth-order valence-electron chi connectivity index (χ4n) is 1.41. The van der Waals surface area contributed by atoms with Gasteiger partial charge in [-0.1, -0.05) is 0 Å². The number of carbonyl (C=O) groups is 1. The number of nitrogens with one attached hydrogen (secondary N) is 1.